The summed E-state index contributed by atoms with van der Waals surface area (Å²) in [5.41, 5.74) is 0.565. The van der Waals surface area contributed by atoms with Gasteiger partial charge in [0.2, 0.25) is 0 Å². The fourth-order valence-electron chi connectivity index (χ4n) is 1.95. The smallest absolute Gasteiger partial charge is 0.270 e. The van der Waals surface area contributed by atoms with Crippen LogP contribution in [0, 0.1) is 5.92 Å². The summed E-state index contributed by atoms with van der Waals surface area (Å²) in [5.74, 6) is 0.674. The predicted octanol–water partition coefficient (Wildman–Crippen LogP) is 1.58. The number of para-hydroxylation sites is 1. The van der Waals surface area contributed by atoms with Gasteiger partial charge in [0.15, 0.2) is 0 Å². The van der Waals surface area contributed by atoms with Crippen molar-refractivity contribution in [1.82, 2.24) is 9.84 Å². The topological polar surface area (TPSA) is 61.4 Å². The second-order valence-electron chi connectivity index (χ2n) is 4.73. The zero-order chi connectivity index (χ0) is 13.0. The largest absolute Gasteiger partial charge is 0.312 e. The summed E-state index contributed by atoms with van der Waals surface area (Å²) in [5, 5.41) is 1.76. The van der Waals surface area contributed by atoms with Gasteiger partial charge in [-0.2, -0.15) is 8.42 Å². The molecule has 1 heterocycles. The maximum absolute atomic E-state index is 11.9. The molecule has 0 atom stereocenters. The van der Waals surface area contributed by atoms with Gasteiger partial charge in [-0.05, 0) is 30.9 Å². The lowest BCUT2D eigenvalue weighted by molar-refractivity contribution is 0.168. The zero-order valence-electron chi connectivity index (χ0n) is 10.5. The molecule has 2 N–H and O–H groups in total. The first kappa shape index (κ1) is 13.3. The van der Waals surface area contributed by atoms with Gasteiger partial charge >= 0.3 is 10.2 Å². The quantitative estimate of drug-likeness (QED) is 0.872. The predicted molar refractivity (Wildman–Crippen MR) is 72.1 cm³/mol. The lowest BCUT2D eigenvalue weighted by Crippen LogP contribution is -2.48. The van der Waals surface area contributed by atoms with Gasteiger partial charge in [-0.1, -0.05) is 25.1 Å². The molecule has 5 nitrogen and oxygen atoms in total. The zero-order valence-corrected chi connectivity index (χ0v) is 11.3. The van der Waals surface area contributed by atoms with Crippen molar-refractivity contribution in [2.75, 3.05) is 17.8 Å². The van der Waals surface area contributed by atoms with Crippen molar-refractivity contribution < 1.29 is 8.42 Å². The summed E-state index contributed by atoms with van der Waals surface area (Å²) < 4.78 is 26.3. The van der Waals surface area contributed by atoms with Crippen molar-refractivity contribution in [2.24, 2.45) is 5.92 Å². The van der Waals surface area contributed by atoms with E-state index in [0.29, 0.717) is 11.6 Å². The summed E-state index contributed by atoms with van der Waals surface area (Å²) in [6, 6.07) is 8.87. The summed E-state index contributed by atoms with van der Waals surface area (Å²) in [6.45, 7) is 3.71. The molecular formula is C12H19N3O2S. The Labute approximate surface area is 108 Å². The minimum absolute atomic E-state index is 0.565. The molecule has 0 aromatic heterocycles. The average molecular weight is 269 g/mol. The first-order valence-electron chi connectivity index (χ1n) is 6.15. The summed E-state index contributed by atoms with van der Waals surface area (Å²) >= 11 is 0. The molecular weight excluding hydrogens is 250 g/mol. The number of rotatable bonds is 4. The van der Waals surface area contributed by atoms with Gasteiger partial charge in [0.25, 0.3) is 0 Å². The van der Waals surface area contributed by atoms with Crippen LogP contribution in [-0.4, -0.2) is 26.5 Å². The van der Waals surface area contributed by atoms with Gasteiger partial charge in [0.1, 0.15) is 0 Å². The second-order valence-corrected chi connectivity index (χ2v) is 6.13. The molecule has 1 aliphatic rings. The summed E-state index contributed by atoms with van der Waals surface area (Å²) in [4.78, 5) is 2.56. The van der Waals surface area contributed by atoms with E-state index in [2.05, 4.69) is 16.5 Å². The van der Waals surface area contributed by atoms with Crippen LogP contribution in [0.3, 0.4) is 0 Å². The molecule has 1 aromatic rings. The van der Waals surface area contributed by atoms with E-state index in [9.17, 15) is 8.42 Å². The van der Waals surface area contributed by atoms with Crippen LogP contribution in [0.4, 0.5) is 5.69 Å². The molecule has 0 bridgehead atoms. The van der Waals surface area contributed by atoms with E-state index < -0.39 is 10.2 Å². The Morgan fingerprint density at radius 1 is 1.17 bits per heavy atom. The van der Waals surface area contributed by atoms with E-state index in [-0.39, 0.29) is 0 Å². The molecule has 0 saturated carbocycles. The van der Waals surface area contributed by atoms with Gasteiger partial charge in [0.05, 0.1) is 0 Å². The maximum Gasteiger partial charge on any atom is 0.312 e. The summed E-state index contributed by atoms with van der Waals surface area (Å²) in [7, 11) is -3.53. The van der Waals surface area contributed by atoms with Gasteiger partial charge in [-0.15, -0.1) is 4.83 Å². The Morgan fingerprint density at radius 3 is 2.39 bits per heavy atom. The first-order valence-corrected chi connectivity index (χ1v) is 7.64. The van der Waals surface area contributed by atoms with Crippen LogP contribution in [0.1, 0.15) is 19.8 Å². The highest BCUT2D eigenvalue weighted by molar-refractivity contribution is 7.90. The van der Waals surface area contributed by atoms with Crippen molar-refractivity contribution in [1.29, 1.82) is 0 Å². The Kier molecular flexibility index (Phi) is 4.21. The lowest BCUT2D eigenvalue weighted by atomic mass is 10.0. The van der Waals surface area contributed by atoms with E-state index in [4.69, 9.17) is 0 Å². The van der Waals surface area contributed by atoms with Crippen LogP contribution in [0.5, 0.6) is 0 Å². The molecule has 0 amide bonds. The lowest BCUT2D eigenvalue weighted by Gasteiger charge is -2.30. The van der Waals surface area contributed by atoms with Gasteiger partial charge in [-0.25, -0.2) is 5.01 Å². The molecule has 0 unspecified atom stereocenters. The van der Waals surface area contributed by atoms with E-state index in [1.807, 2.05) is 6.07 Å². The highest BCUT2D eigenvalue weighted by atomic mass is 32.2. The number of nitrogens with one attached hydrogen (secondary N) is 2. The maximum atomic E-state index is 11.9. The SMILES string of the molecule is CC1CCN(NS(=O)(=O)Nc2ccccc2)CC1. The number of benzene rings is 1. The van der Waals surface area contributed by atoms with Crippen LogP contribution in [0.15, 0.2) is 30.3 Å². The Balaban J connectivity index is 1.92. The third-order valence-electron chi connectivity index (χ3n) is 3.06. The van der Waals surface area contributed by atoms with E-state index >= 15 is 0 Å². The summed E-state index contributed by atoms with van der Waals surface area (Å²) in [6.07, 6.45) is 2.04. The molecule has 0 aliphatic carbocycles. The normalized spacial score (nSPS) is 18.7. The number of anilines is 1. The minimum atomic E-state index is -3.53. The van der Waals surface area contributed by atoms with Gasteiger partial charge < -0.3 is 0 Å². The minimum Gasteiger partial charge on any atom is -0.270 e. The second kappa shape index (κ2) is 5.69. The van der Waals surface area contributed by atoms with Crippen LogP contribution in [-0.2, 0) is 10.2 Å². The molecule has 18 heavy (non-hydrogen) atoms. The molecule has 0 spiro atoms. The number of piperidine rings is 1. The third kappa shape index (κ3) is 3.97. The third-order valence-corrected chi connectivity index (χ3v) is 4.06. The Bertz CT molecular complexity index is 467. The molecule has 1 aliphatic heterocycles. The van der Waals surface area contributed by atoms with Gasteiger partial charge in [0, 0.05) is 18.8 Å². The molecule has 1 aromatic carbocycles. The van der Waals surface area contributed by atoms with Crippen LogP contribution < -0.4 is 9.55 Å². The van der Waals surface area contributed by atoms with Gasteiger partial charge in [-0.3, -0.25) is 4.72 Å². The van der Waals surface area contributed by atoms with Crippen molar-refractivity contribution in [3.63, 3.8) is 0 Å². The van der Waals surface area contributed by atoms with E-state index in [1.54, 1.807) is 29.3 Å². The van der Waals surface area contributed by atoms with Crippen molar-refractivity contribution >= 4 is 15.9 Å². The number of hydrogen-bond donors (Lipinski definition) is 2. The van der Waals surface area contributed by atoms with Crippen molar-refractivity contribution in [3.8, 4) is 0 Å². The fraction of sp³-hybridized carbons (Fsp3) is 0.500. The average Bonchev–Trinajstić information content (AvgIpc) is 2.32. The molecule has 1 fully saturated rings. The molecule has 2 rings (SSSR count). The number of hydrazine groups is 1. The van der Waals surface area contributed by atoms with Crippen LogP contribution >= 0.6 is 0 Å². The molecule has 1 saturated heterocycles. The monoisotopic (exact) mass is 269 g/mol. The van der Waals surface area contributed by atoms with E-state index in [0.717, 1.165) is 25.9 Å². The first-order chi connectivity index (χ1) is 8.55. The van der Waals surface area contributed by atoms with Crippen molar-refractivity contribution in [2.45, 2.75) is 19.8 Å². The Hall–Kier alpha value is -1.11. The Morgan fingerprint density at radius 2 is 1.78 bits per heavy atom. The molecule has 6 heteroatoms. The highest BCUT2D eigenvalue weighted by Gasteiger charge is 2.20. The number of nitrogens with zero attached hydrogens (tertiary/aromatic N) is 1. The fourth-order valence-corrected chi connectivity index (χ4v) is 2.97. The van der Waals surface area contributed by atoms with Crippen LogP contribution in [0.25, 0.3) is 0 Å². The van der Waals surface area contributed by atoms with Crippen LogP contribution in [0.2, 0.25) is 0 Å². The van der Waals surface area contributed by atoms with E-state index in [1.165, 1.54) is 0 Å². The molecule has 100 valence electrons. The van der Waals surface area contributed by atoms with Crippen molar-refractivity contribution in [3.05, 3.63) is 30.3 Å². The highest BCUT2D eigenvalue weighted by Crippen LogP contribution is 2.15. The molecule has 0 radical (unpaired) electrons. The number of hydrogen-bond acceptors (Lipinski definition) is 3. The standard InChI is InChI=1S/C12H19N3O2S/c1-11-7-9-15(10-8-11)14-18(16,17)13-12-5-3-2-4-6-12/h2-6,11,13-14H,7-10H2,1H3.